The Bertz CT molecular complexity index is 1370. The van der Waals surface area contributed by atoms with Crippen LogP contribution in [0.5, 0.6) is 5.75 Å². The average Bonchev–Trinajstić information content (AvgIpc) is 3.65. The fourth-order valence-electron chi connectivity index (χ4n) is 6.97. The Labute approximate surface area is 225 Å². The fraction of sp³-hybridized carbons (Fsp3) is 0.433. The summed E-state index contributed by atoms with van der Waals surface area (Å²) in [6, 6.07) is 11.0. The van der Waals surface area contributed by atoms with Gasteiger partial charge >= 0.3 is 0 Å². The molecule has 1 saturated heterocycles. The first-order chi connectivity index (χ1) is 18.2. The van der Waals surface area contributed by atoms with E-state index in [1.165, 1.54) is 13.1 Å². The van der Waals surface area contributed by atoms with Crippen molar-refractivity contribution in [2.45, 2.75) is 62.9 Å². The van der Waals surface area contributed by atoms with Gasteiger partial charge in [-0.1, -0.05) is 48.9 Å². The predicted octanol–water partition coefficient (Wildman–Crippen LogP) is 5.00. The molecule has 38 heavy (non-hydrogen) atoms. The predicted molar refractivity (Wildman–Crippen MR) is 142 cm³/mol. The van der Waals surface area contributed by atoms with Gasteiger partial charge in [-0.2, -0.15) is 0 Å². The number of ether oxygens (including phenoxy) is 1. The van der Waals surface area contributed by atoms with Crippen LogP contribution in [0.4, 0.5) is 8.78 Å². The normalized spacial score (nSPS) is 32.1. The molecule has 8 heteroatoms. The Balaban J connectivity index is 1.59. The van der Waals surface area contributed by atoms with Gasteiger partial charge in [0.1, 0.15) is 17.7 Å². The summed E-state index contributed by atoms with van der Waals surface area (Å²) >= 11 is 6.66. The minimum Gasteiger partial charge on any atom is -0.480 e. The van der Waals surface area contributed by atoms with Gasteiger partial charge in [0, 0.05) is 47.2 Å². The number of likely N-dealkylation sites (N-methyl/N-ethyl adjacent to an activating group) is 1. The van der Waals surface area contributed by atoms with Crippen LogP contribution in [0, 0.1) is 11.2 Å². The van der Waals surface area contributed by atoms with E-state index in [9.17, 15) is 9.90 Å². The molecule has 2 aromatic rings. The zero-order valence-corrected chi connectivity index (χ0v) is 22.2. The van der Waals surface area contributed by atoms with Crippen molar-refractivity contribution in [3.05, 3.63) is 81.2 Å². The Hall–Kier alpha value is -2.74. The van der Waals surface area contributed by atoms with Crippen molar-refractivity contribution in [3.63, 3.8) is 0 Å². The molecule has 2 aliphatic carbocycles. The second kappa shape index (κ2) is 9.18. The fourth-order valence-corrected chi connectivity index (χ4v) is 7.24. The Morgan fingerprint density at radius 1 is 1.26 bits per heavy atom. The van der Waals surface area contributed by atoms with Crippen molar-refractivity contribution < 1.29 is 23.4 Å². The lowest BCUT2D eigenvalue weighted by Crippen LogP contribution is -2.49. The van der Waals surface area contributed by atoms with Gasteiger partial charge in [0.15, 0.2) is 5.60 Å². The maximum atomic E-state index is 16.8. The van der Waals surface area contributed by atoms with Gasteiger partial charge in [-0.25, -0.2) is 8.78 Å². The number of hydrogen-bond acceptors (Lipinski definition) is 4. The molecule has 5 atom stereocenters. The van der Waals surface area contributed by atoms with E-state index in [0.29, 0.717) is 36.1 Å². The standard InChI is InChI=1S/C30H31ClF2N2O3/c1-29-11-10-21(36)19(29)13-17(28(37)34-2)25(27(29)33)24-18-15-30(23-9-6-12-35-23,16-7-4-3-5-8-16)38-22(18)14-20(32)26(24)31/h3-5,7-8,13-14,21,23,27,35-36H,6,9-12,15H2,1-2H3,(H,34,37)/t21?,23-,27?,29?,30-/m0/s1. The minimum absolute atomic E-state index is 0.0408. The van der Waals surface area contributed by atoms with E-state index in [0.717, 1.165) is 24.9 Å². The summed E-state index contributed by atoms with van der Waals surface area (Å²) < 4.78 is 38.9. The second-order valence-corrected chi connectivity index (χ2v) is 11.4. The smallest absolute Gasteiger partial charge is 0.251 e. The van der Waals surface area contributed by atoms with E-state index >= 15 is 8.78 Å². The molecule has 3 unspecified atom stereocenters. The largest absolute Gasteiger partial charge is 0.480 e. The van der Waals surface area contributed by atoms with E-state index in [2.05, 4.69) is 10.6 Å². The zero-order valence-electron chi connectivity index (χ0n) is 21.4. The lowest BCUT2D eigenvalue weighted by Gasteiger charge is -2.37. The number of carbonyl (C=O) groups excluding carboxylic acids is 1. The van der Waals surface area contributed by atoms with Crippen LogP contribution in [0.2, 0.25) is 5.02 Å². The van der Waals surface area contributed by atoms with Gasteiger partial charge in [0.25, 0.3) is 5.91 Å². The third-order valence-corrected chi connectivity index (χ3v) is 9.37. The second-order valence-electron chi connectivity index (χ2n) is 11.0. The zero-order chi connectivity index (χ0) is 26.8. The molecule has 0 spiro atoms. The summed E-state index contributed by atoms with van der Waals surface area (Å²) in [5, 5.41) is 16.5. The number of amides is 1. The van der Waals surface area contributed by atoms with Crippen LogP contribution in [0.1, 0.15) is 49.3 Å². The Morgan fingerprint density at radius 2 is 2.03 bits per heavy atom. The highest BCUT2D eigenvalue weighted by atomic mass is 35.5. The summed E-state index contributed by atoms with van der Waals surface area (Å²) in [7, 11) is 1.46. The maximum absolute atomic E-state index is 16.8. The molecule has 2 fully saturated rings. The van der Waals surface area contributed by atoms with Crippen LogP contribution in [0.3, 0.4) is 0 Å². The van der Waals surface area contributed by atoms with E-state index in [1.54, 1.807) is 13.0 Å². The van der Waals surface area contributed by atoms with Gasteiger partial charge in [0.05, 0.1) is 17.2 Å². The summed E-state index contributed by atoms with van der Waals surface area (Å²) in [6.45, 7) is 2.59. The first kappa shape index (κ1) is 25.5. The van der Waals surface area contributed by atoms with Crippen molar-refractivity contribution in [2.75, 3.05) is 13.6 Å². The number of aliphatic hydroxyl groups is 1. The molecule has 2 aromatic carbocycles. The highest BCUT2D eigenvalue weighted by Crippen LogP contribution is 2.57. The number of aliphatic hydroxyl groups excluding tert-OH is 1. The van der Waals surface area contributed by atoms with Crippen LogP contribution in [-0.4, -0.2) is 42.9 Å². The lowest BCUT2D eigenvalue weighted by atomic mass is 9.69. The molecular weight excluding hydrogens is 510 g/mol. The molecule has 6 rings (SSSR count). The molecule has 2 heterocycles. The minimum atomic E-state index is -1.67. The summed E-state index contributed by atoms with van der Waals surface area (Å²) in [4.78, 5) is 13.1. The van der Waals surface area contributed by atoms with E-state index in [1.807, 2.05) is 30.3 Å². The molecule has 200 valence electrons. The average molecular weight is 541 g/mol. The maximum Gasteiger partial charge on any atom is 0.251 e. The molecule has 3 N–H and O–H groups in total. The molecule has 1 amide bonds. The van der Waals surface area contributed by atoms with Crippen molar-refractivity contribution in [1.29, 1.82) is 0 Å². The summed E-state index contributed by atoms with van der Waals surface area (Å²) in [5.74, 6) is -0.941. The number of nitrogens with one attached hydrogen (secondary N) is 2. The third-order valence-electron chi connectivity index (χ3n) is 9.00. The number of rotatable bonds is 4. The van der Waals surface area contributed by atoms with Gasteiger partial charge in [0.2, 0.25) is 0 Å². The number of carbonyl (C=O) groups is 1. The molecule has 0 bridgehead atoms. The Morgan fingerprint density at radius 3 is 2.71 bits per heavy atom. The number of hydrogen-bond donors (Lipinski definition) is 3. The number of fused-ring (bicyclic) bond motifs is 2. The Kier molecular flexibility index (Phi) is 6.17. The van der Waals surface area contributed by atoms with Gasteiger partial charge in [-0.05, 0) is 49.4 Å². The van der Waals surface area contributed by atoms with Gasteiger partial charge in [-0.15, -0.1) is 0 Å². The molecule has 2 aliphatic heterocycles. The van der Waals surface area contributed by atoms with Crippen LogP contribution < -0.4 is 15.4 Å². The van der Waals surface area contributed by atoms with E-state index in [4.69, 9.17) is 16.3 Å². The molecule has 0 aromatic heterocycles. The first-order valence-electron chi connectivity index (χ1n) is 13.2. The van der Waals surface area contributed by atoms with Crippen LogP contribution in [0.15, 0.2) is 53.6 Å². The quantitative estimate of drug-likeness (QED) is 0.510. The number of alkyl halides is 1. The van der Waals surface area contributed by atoms with Crippen LogP contribution in [-0.2, 0) is 16.8 Å². The molecular formula is C30H31ClF2N2O3. The number of allylic oxidation sites excluding steroid dienone is 1. The molecule has 5 nitrogen and oxygen atoms in total. The van der Waals surface area contributed by atoms with Crippen molar-refractivity contribution in [3.8, 4) is 5.75 Å². The lowest BCUT2D eigenvalue weighted by molar-refractivity contribution is -0.116. The molecule has 1 saturated carbocycles. The van der Waals surface area contributed by atoms with Gasteiger partial charge < -0.3 is 20.5 Å². The van der Waals surface area contributed by atoms with Gasteiger partial charge in [-0.3, -0.25) is 4.79 Å². The van der Waals surface area contributed by atoms with Crippen LogP contribution >= 0.6 is 11.6 Å². The third kappa shape index (κ3) is 3.59. The summed E-state index contributed by atoms with van der Waals surface area (Å²) in [6.07, 6.45) is 2.04. The first-order valence-corrected chi connectivity index (χ1v) is 13.6. The number of halogens is 3. The number of benzene rings is 2. The van der Waals surface area contributed by atoms with E-state index in [-0.39, 0.29) is 27.8 Å². The SMILES string of the molecule is CNC(=O)C1=C(c2c(Cl)c(F)cc3c2C[C@](c2ccccc2)([C@@H]2CCCN2)O3)C(F)C2(C)CCC(O)C2=C1. The van der Waals surface area contributed by atoms with Crippen molar-refractivity contribution in [2.24, 2.45) is 5.41 Å². The highest BCUT2D eigenvalue weighted by molar-refractivity contribution is 6.33. The van der Waals surface area contributed by atoms with Crippen molar-refractivity contribution >= 4 is 23.1 Å². The highest BCUT2D eigenvalue weighted by Gasteiger charge is 2.54. The monoisotopic (exact) mass is 540 g/mol. The van der Waals surface area contributed by atoms with E-state index < -0.39 is 35.0 Å². The summed E-state index contributed by atoms with van der Waals surface area (Å²) in [5.41, 5.74) is 0.436. The molecule has 4 aliphatic rings. The molecule has 0 radical (unpaired) electrons. The topological polar surface area (TPSA) is 70.6 Å². The van der Waals surface area contributed by atoms with Crippen molar-refractivity contribution in [1.82, 2.24) is 10.6 Å². The van der Waals surface area contributed by atoms with Crippen LogP contribution in [0.25, 0.3) is 5.57 Å².